The van der Waals surface area contributed by atoms with Gasteiger partial charge < -0.3 is 15.1 Å². The van der Waals surface area contributed by atoms with Gasteiger partial charge in [-0.15, -0.1) is 0 Å². The first-order chi connectivity index (χ1) is 15.4. The standard InChI is InChI=1S/C23H28N2O.C2H2O4/c26-23(18-24-13-12-21-8-4-5-9-22(21)17-24)25-14-10-20(11-15-25)16-19-6-2-1-3-7-19;3-1(4)2(5)6/h1-9,20H,10-18H2;(H,3,4)(H,5,6). The highest BCUT2D eigenvalue weighted by Crippen LogP contribution is 2.23. The minimum absolute atomic E-state index is 0.308. The molecule has 2 aromatic rings. The van der Waals surface area contributed by atoms with Crippen LogP contribution in [0.3, 0.4) is 0 Å². The summed E-state index contributed by atoms with van der Waals surface area (Å²) in [5.41, 5.74) is 4.25. The zero-order valence-corrected chi connectivity index (χ0v) is 18.2. The largest absolute Gasteiger partial charge is 0.473 e. The summed E-state index contributed by atoms with van der Waals surface area (Å²) in [5.74, 6) is -2.63. The Balaban J connectivity index is 0.000000427. The number of nitrogens with zero attached hydrogens (tertiary/aromatic N) is 2. The molecule has 2 aromatic carbocycles. The number of hydrogen-bond donors (Lipinski definition) is 2. The average Bonchev–Trinajstić information content (AvgIpc) is 2.80. The number of carbonyl (C=O) groups excluding carboxylic acids is 1. The molecule has 2 N–H and O–H groups in total. The van der Waals surface area contributed by atoms with Gasteiger partial charge in [-0.3, -0.25) is 9.69 Å². The molecular formula is C25H30N2O5. The second-order valence-corrected chi connectivity index (χ2v) is 8.35. The fraction of sp³-hybridized carbons (Fsp3) is 0.400. The van der Waals surface area contributed by atoms with Gasteiger partial charge in [-0.25, -0.2) is 9.59 Å². The number of benzene rings is 2. The lowest BCUT2D eigenvalue weighted by Gasteiger charge is -2.35. The maximum absolute atomic E-state index is 12.7. The SMILES string of the molecule is O=C(CN1CCc2ccccc2C1)N1CCC(Cc2ccccc2)CC1.O=C(O)C(=O)O. The summed E-state index contributed by atoms with van der Waals surface area (Å²) < 4.78 is 0. The molecule has 0 saturated carbocycles. The zero-order valence-electron chi connectivity index (χ0n) is 18.2. The van der Waals surface area contributed by atoms with E-state index in [1.807, 2.05) is 0 Å². The van der Waals surface area contributed by atoms with Crippen molar-refractivity contribution >= 4 is 17.8 Å². The van der Waals surface area contributed by atoms with Crippen molar-refractivity contribution in [1.29, 1.82) is 0 Å². The van der Waals surface area contributed by atoms with E-state index in [1.54, 1.807) is 0 Å². The van der Waals surface area contributed by atoms with Crippen molar-refractivity contribution in [3.05, 3.63) is 71.3 Å². The van der Waals surface area contributed by atoms with Gasteiger partial charge in [0, 0.05) is 26.2 Å². The van der Waals surface area contributed by atoms with Crippen molar-refractivity contribution < 1.29 is 24.6 Å². The molecule has 0 bridgehead atoms. The van der Waals surface area contributed by atoms with Crippen LogP contribution < -0.4 is 0 Å². The smallest absolute Gasteiger partial charge is 0.414 e. The van der Waals surface area contributed by atoms with Crippen LogP contribution in [0.5, 0.6) is 0 Å². The lowest BCUT2D eigenvalue weighted by atomic mass is 9.90. The minimum Gasteiger partial charge on any atom is -0.473 e. The summed E-state index contributed by atoms with van der Waals surface area (Å²) in [6, 6.07) is 19.4. The number of carboxylic acids is 2. The summed E-state index contributed by atoms with van der Waals surface area (Å²) in [5, 5.41) is 14.8. The molecule has 170 valence electrons. The van der Waals surface area contributed by atoms with Crippen molar-refractivity contribution in [3.63, 3.8) is 0 Å². The third kappa shape index (κ3) is 6.92. The van der Waals surface area contributed by atoms with Crippen LogP contribution in [-0.2, 0) is 33.8 Å². The lowest BCUT2D eigenvalue weighted by molar-refractivity contribution is -0.159. The molecule has 0 unspecified atom stereocenters. The first kappa shape index (κ1) is 23.5. The van der Waals surface area contributed by atoms with Crippen LogP contribution in [0.1, 0.15) is 29.5 Å². The Morgan fingerprint density at radius 1 is 0.812 bits per heavy atom. The normalized spacial score (nSPS) is 16.4. The van der Waals surface area contributed by atoms with Gasteiger partial charge in [-0.05, 0) is 48.3 Å². The first-order valence-corrected chi connectivity index (χ1v) is 11.0. The van der Waals surface area contributed by atoms with Crippen LogP contribution in [0.2, 0.25) is 0 Å². The molecule has 7 nitrogen and oxygen atoms in total. The molecule has 1 fully saturated rings. The van der Waals surface area contributed by atoms with Gasteiger partial charge in [0.2, 0.25) is 5.91 Å². The van der Waals surface area contributed by atoms with Gasteiger partial charge in [0.05, 0.1) is 6.54 Å². The number of aliphatic carboxylic acids is 2. The van der Waals surface area contributed by atoms with Crippen LogP contribution in [0.25, 0.3) is 0 Å². The van der Waals surface area contributed by atoms with E-state index in [-0.39, 0.29) is 0 Å². The Morgan fingerprint density at radius 3 is 2.03 bits per heavy atom. The summed E-state index contributed by atoms with van der Waals surface area (Å²) in [6.07, 6.45) is 4.46. The Bertz CT molecular complexity index is 911. The monoisotopic (exact) mass is 438 g/mol. The number of hydrogen-bond acceptors (Lipinski definition) is 4. The van der Waals surface area contributed by atoms with Gasteiger partial charge in [0.25, 0.3) is 0 Å². The lowest BCUT2D eigenvalue weighted by Crippen LogP contribution is -2.45. The maximum Gasteiger partial charge on any atom is 0.414 e. The molecule has 2 heterocycles. The second-order valence-electron chi connectivity index (χ2n) is 8.35. The van der Waals surface area contributed by atoms with E-state index in [0.717, 1.165) is 51.9 Å². The molecule has 0 radical (unpaired) electrons. The third-order valence-corrected chi connectivity index (χ3v) is 6.09. The summed E-state index contributed by atoms with van der Waals surface area (Å²) in [4.78, 5) is 35.3. The number of rotatable bonds is 4. The number of carbonyl (C=O) groups is 3. The fourth-order valence-electron chi connectivity index (χ4n) is 4.31. The Morgan fingerprint density at radius 2 is 1.41 bits per heavy atom. The summed E-state index contributed by atoms with van der Waals surface area (Å²) >= 11 is 0. The molecule has 0 spiro atoms. The molecule has 0 atom stereocenters. The number of amides is 1. The van der Waals surface area contributed by atoms with Gasteiger partial charge in [0.1, 0.15) is 0 Å². The van der Waals surface area contributed by atoms with Crippen molar-refractivity contribution in [2.45, 2.75) is 32.2 Å². The highest BCUT2D eigenvalue weighted by atomic mass is 16.4. The average molecular weight is 439 g/mol. The minimum atomic E-state index is -1.82. The highest BCUT2D eigenvalue weighted by Gasteiger charge is 2.25. The quantitative estimate of drug-likeness (QED) is 0.713. The summed E-state index contributed by atoms with van der Waals surface area (Å²) in [6.45, 7) is 4.30. The molecule has 1 saturated heterocycles. The molecule has 0 aliphatic carbocycles. The molecule has 7 heteroatoms. The number of fused-ring (bicyclic) bond motifs is 1. The van der Waals surface area contributed by atoms with E-state index in [4.69, 9.17) is 19.8 Å². The van der Waals surface area contributed by atoms with E-state index in [1.165, 1.54) is 16.7 Å². The zero-order chi connectivity index (χ0) is 22.9. The van der Waals surface area contributed by atoms with Crippen molar-refractivity contribution in [1.82, 2.24) is 9.80 Å². The molecule has 4 rings (SSSR count). The van der Waals surface area contributed by atoms with Crippen LogP contribution in [0.4, 0.5) is 0 Å². The van der Waals surface area contributed by atoms with Crippen LogP contribution in [0.15, 0.2) is 54.6 Å². The van der Waals surface area contributed by atoms with E-state index in [9.17, 15) is 4.79 Å². The van der Waals surface area contributed by atoms with Gasteiger partial charge in [0.15, 0.2) is 0 Å². The fourth-order valence-corrected chi connectivity index (χ4v) is 4.31. The predicted octanol–water partition coefficient (Wildman–Crippen LogP) is 2.68. The Hall–Kier alpha value is -3.19. The molecule has 0 aromatic heterocycles. The summed E-state index contributed by atoms with van der Waals surface area (Å²) in [7, 11) is 0. The predicted molar refractivity (Wildman–Crippen MR) is 120 cm³/mol. The topological polar surface area (TPSA) is 98.2 Å². The first-order valence-electron chi connectivity index (χ1n) is 11.0. The van der Waals surface area contributed by atoms with Gasteiger partial charge in [-0.2, -0.15) is 0 Å². The van der Waals surface area contributed by atoms with Gasteiger partial charge in [-0.1, -0.05) is 54.6 Å². The van der Waals surface area contributed by atoms with Crippen molar-refractivity contribution in [2.24, 2.45) is 5.92 Å². The Kier molecular flexibility index (Phi) is 8.39. The molecule has 2 aliphatic rings. The van der Waals surface area contributed by atoms with Crippen LogP contribution in [-0.4, -0.2) is 64.0 Å². The number of piperidine rings is 1. The maximum atomic E-state index is 12.7. The van der Waals surface area contributed by atoms with E-state index in [0.29, 0.717) is 18.4 Å². The number of carboxylic acid groups (broad SMARTS) is 2. The molecule has 2 aliphatic heterocycles. The molecule has 32 heavy (non-hydrogen) atoms. The second kappa shape index (κ2) is 11.4. The molecular weight excluding hydrogens is 408 g/mol. The van der Waals surface area contributed by atoms with Gasteiger partial charge >= 0.3 is 11.9 Å². The van der Waals surface area contributed by atoms with Crippen molar-refractivity contribution in [3.8, 4) is 0 Å². The van der Waals surface area contributed by atoms with Crippen LogP contribution in [0, 0.1) is 5.92 Å². The third-order valence-electron chi connectivity index (χ3n) is 6.09. The van der Waals surface area contributed by atoms with E-state index in [2.05, 4.69) is 64.4 Å². The van der Waals surface area contributed by atoms with E-state index >= 15 is 0 Å². The number of likely N-dealkylation sites (tertiary alicyclic amines) is 1. The highest BCUT2D eigenvalue weighted by molar-refractivity contribution is 6.27. The van der Waals surface area contributed by atoms with Crippen molar-refractivity contribution in [2.75, 3.05) is 26.2 Å². The van der Waals surface area contributed by atoms with E-state index < -0.39 is 11.9 Å². The molecule has 1 amide bonds. The Labute approximate surface area is 188 Å². The van der Waals surface area contributed by atoms with Crippen LogP contribution >= 0.6 is 0 Å².